The summed E-state index contributed by atoms with van der Waals surface area (Å²) in [5, 5.41) is 2.87. The van der Waals surface area contributed by atoms with Gasteiger partial charge in [-0.3, -0.25) is 9.59 Å². The van der Waals surface area contributed by atoms with E-state index < -0.39 is 5.97 Å². The average Bonchev–Trinajstić information content (AvgIpc) is 2.76. The van der Waals surface area contributed by atoms with Gasteiger partial charge in [-0.1, -0.05) is 32.0 Å². The lowest BCUT2D eigenvalue weighted by atomic mass is 9.98. The van der Waals surface area contributed by atoms with Gasteiger partial charge in [0.15, 0.2) is 18.1 Å². The molecule has 2 aromatic carbocycles. The van der Waals surface area contributed by atoms with E-state index in [4.69, 9.17) is 18.9 Å². The first kappa shape index (κ1) is 24.1. The Morgan fingerprint density at radius 1 is 1.00 bits per heavy atom. The lowest BCUT2D eigenvalue weighted by Gasteiger charge is -2.16. The van der Waals surface area contributed by atoms with Crippen LogP contribution in [-0.4, -0.2) is 39.8 Å². The van der Waals surface area contributed by atoms with Gasteiger partial charge in [0.2, 0.25) is 5.75 Å². The third-order valence-electron chi connectivity index (χ3n) is 4.90. The molecule has 0 aliphatic carbocycles. The molecule has 0 spiro atoms. The number of nitrogens with one attached hydrogen (secondary N) is 1. The van der Waals surface area contributed by atoms with Gasteiger partial charge in [-0.15, -0.1) is 0 Å². The van der Waals surface area contributed by atoms with Crippen molar-refractivity contribution >= 4 is 17.6 Å². The molecule has 1 N–H and O–H groups in total. The van der Waals surface area contributed by atoms with E-state index in [-0.39, 0.29) is 24.9 Å². The maximum atomic E-state index is 12.3. The van der Waals surface area contributed by atoms with E-state index in [0.29, 0.717) is 23.7 Å². The SMILES string of the molecule is COc1cc(CCC(=O)OCC(=O)Nc2c(C)cccc2C(C)C)cc(OC)c1OC. The molecule has 0 radical (unpaired) electrons. The van der Waals surface area contributed by atoms with Crippen molar-refractivity contribution in [2.45, 2.75) is 39.5 Å². The zero-order chi connectivity index (χ0) is 23.0. The summed E-state index contributed by atoms with van der Waals surface area (Å²) in [6.45, 7) is 5.73. The number of hydrogen-bond acceptors (Lipinski definition) is 6. The van der Waals surface area contributed by atoms with E-state index in [1.807, 2.05) is 25.1 Å². The summed E-state index contributed by atoms with van der Waals surface area (Å²) in [7, 11) is 4.60. The monoisotopic (exact) mass is 429 g/mol. The van der Waals surface area contributed by atoms with Gasteiger partial charge in [0.1, 0.15) is 0 Å². The number of esters is 1. The summed E-state index contributed by atoms with van der Waals surface area (Å²) >= 11 is 0. The lowest BCUT2D eigenvalue weighted by molar-refractivity contribution is -0.147. The van der Waals surface area contributed by atoms with Crippen LogP contribution >= 0.6 is 0 Å². The topological polar surface area (TPSA) is 83.1 Å². The normalized spacial score (nSPS) is 10.5. The van der Waals surface area contributed by atoms with Crippen molar-refractivity contribution in [3.05, 3.63) is 47.0 Å². The number of benzene rings is 2. The van der Waals surface area contributed by atoms with Gasteiger partial charge in [0.05, 0.1) is 21.3 Å². The van der Waals surface area contributed by atoms with Crippen LogP contribution in [0.5, 0.6) is 17.2 Å². The van der Waals surface area contributed by atoms with E-state index >= 15 is 0 Å². The fourth-order valence-corrected chi connectivity index (χ4v) is 3.26. The van der Waals surface area contributed by atoms with Crippen LogP contribution in [0.2, 0.25) is 0 Å². The van der Waals surface area contributed by atoms with E-state index in [1.165, 1.54) is 21.3 Å². The Labute approximate surface area is 183 Å². The highest BCUT2D eigenvalue weighted by molar-refractivity contribution is 5.94. The fourth-order valence-electron chi connectivity index (χ4n) is 3.26. The molecule has 0 fully saturated rings. The van der Waals surface area contributed by atoms with E-state index in [9.17, 15) is 9.59 Å². The summed E-state index contributed by atoms with van der Waals surface area (Å²) in [5.74, 6) is 0.962. The van der Waals surface area contributed by atoms with Crippen molar-refractivity contribution < 1.29 is 28.5 Å². The molecule has 0 heterocycles. The summed E-state index contributed by atoms with van der Waals surface area (Å²) in [4.78, 5) is 24.5. The molecule has 2 rings (SSSR count). The smallest absolute Gasteiger partial charge is 0.306 e. The number of rotatable bonds is 10. The van der Waals surface area contributed by atoms with Crippen LogP contribution in [0.15, 0.2) is 30.3 Å². The van der Waals surface area contributed by atoms with Crippen LogP contribution in [0.25, 0.3) is 0 Å². The third-order valence-corrected chi connectivity index (χ3v) is 4.90. The molecule has 0 unspecified atom stereocenters. The van der Waals surface area contributed by atoms with Crippen molar-refractivity contribution in [1.82, 2.24) is 0 Å². The molecule has 0 saturated carbocycles. The summed E-state index contributed by atoms with van der Waals surface area (Å²) in [6, 6.07) is 9.45. The van der Waals surface area contributed by atoms with Gasteiger partial charge < -0.3 is 24.3 Å². The molecular formula is C24H31NO6. The van der Waals surface area contributed by atoms with Crippen molar-refractivity contribution in [3.8, 4) is 17.2 Å². The minimum atomic E-state index is -0.460. The Hall–Kier alpha value is -3.22. The van der Waals surface area contributed by atoms with E-state index in [0.717, 1.165) is 22.4 Å². The minimum absolute atomic E-state index is 0.119. The van der Waals surface area contributed by atoms with Crippen LogP contribution in [0.4, 0.5) is 5.69 Å². The minimum Gasteiger partial charge on any atom is -0.493 e. The van der Waals surface area contributed by atoms with Crippen LogP contribution in [0.1, 0.15) is 42.9 Å². The second-order valence-electron chi connectivity index (χ2n) is 7.44. The number of carbonyl (C=O) groups is 2. The zero-order valence-electron chi connectivity index (χ0n) is 19.0. The maximum absolute atomic E-state index is 12.3. The molecule has 0 aliphatic heterocycles. The van der Waals surface area contributed by atoms with E-state index in [1.54, 1.807) is 12.1 Å². The Balaban J connectivity index is 1.93. The van der Waals surface area contributed by atoms with Gasteiger partial charge >= 0.3 is 5.97 Å². The summed E-state index contributed by atoms with van der Waals surface area (Å²) < 4.78 is 21.1. The van der Waals surface area contributed by atoms with Crippen LogP contribution in [-0.2, 0) is 20.7 Å². The Bertz CT molecular complexity index is 897. The fraction of sp³-hybridized carbons (Fsp3) is 0.417. The number of anilines is 1. The predicted molar refractivity (Wildman–Crippen MR) is 119 cm³/mol. The van der Waals surface area contributed by atoms with Crippen molar-refractivity contribution in [1.29, 1.82) is 0 Å². The molecule has 0 aromatic heterocycles. The molecule has 0 bridgehead atoms. The van der Waals surface area contributed by atoms with Crippen LogP contribution < -0.4 is 19.5 Å². The molecule has 168 valence electrons. The van der Waals surface area contributed by atoms with Gasteiger partial charge in [0, 0.05) is 12.1 Å². The Kier molecular flexibility index (Phi) is 8.73. The highest BCUT2D eigenvalue weighted by Crippen LogP contribution is 2.38. The number of carbonyl (C=O) groups excluding carboxylic acids is 2. The number of para-hydroxylation sites is 1. The molecule has 7 heteroatoms. The van der Waals surface area contributed by atoms with Gasteiger partial charge in [0.25, 0.3) is 5.91 Å². The Morgan fingerprint density at radius 3 is 2.19 bits per heavy atom. The molecular weight excluding hydrogens is 398 g/mol. The number of amides is 1. The molecule has 1 amide bonds. The van der Waals surface area contributed by atoms with Gasteiger partial charge in [-0.25, -0.2) is 0 Å². The quantitative estimate of drug-likeness (QED) is 0.568. The third kappa shape index (κ3) is 6.38. The first-order valence-electron chi connectivity index (χ1n) is 10.1. The number of aryl methyl sites for hydroxylation is 2. The van der Waals surface area contributed by atoms with Crippen LogP contribution in [0.3, 0.4) is 0 Å². The Morgan fingerprint density at radius 2 is 1.65 bits per heavy atom. The first-order valence-corrected chi connectivity index (χ1v) is 10.1. The second-order valence-corrected chi connectivity index (χ2v) is 7.44. The molecule has 0 aliphatic rings. The molecule has 0 atom stereocenters. The summed E-state index contributed by atoms with van der Waals surface area (Å²) in [6.07, 6.45) is 0.528. The van der Waals surface area contributed by atoms with Gasteiger partial charge in [-0.2, -0.15) is 0 Å². The zero-order valence-corrected chi connectivity index (χ0v) is 19.0. The highest BCUT2D eigenvalue weighted by Gasteiger charge is 2.16. The number of hydrogen-bond donors (Lipinski definition) is 1. The molecule has 0 saturated heterocycles. The summed E-state index contributed by atoms with van der Waals surface area (Å²) in [5.41, 5.74) is 3.61. The number of ether oxygens (including phenoxy) is 4. The predicted octanol–water partition coefficient (Wildman–Crippen LogP) is 4.26. The van der Waals surface area contributed by atoms with E-state index in [2.05, 4.69) is 19.2 Å². The van der Waals surface area contributed by atoms with Gasteiger partial charge in [-0.05, 0) is 48.1 Å². The second kappa shape index (κ2) is 11.2. The van der Waals surface area contributed by atoms with Crippen molar-refractivity contribution in [2.75, 3.05) is 33.3 Å². The molecule has 7 nitrogen and oxygen atoms in total. The highest BCUT2D eigenvalue weighted by atomic mass is 16.5. The van der Waals surface area contributed by atoms with Crippen LogP contribution in [0, 0.1) is 6.92 Å². The molecule has 2 aromatic rings. The lowest BCUT2D eigenvalue weighted by Crippen LogP contribution is -2.22. The standard InChI is InChI=1S/C24H31NO6/c1-15(2)18-9-7-8-16(3)23(18)25-21(26)14-31-22(27)11-10-17-12-19(28-4)24(30-6)20(13-17)29-5/h7-9,12-13,15H,10-11,14H2,1-6H3,(H,25,26). The first-order chi connectivity index (χ1) is 14.8. The maximum Gasteiger partial charge on any atom is 0.306 e. The van der Waals surface area contributed by atoms with Crippen molar-refractivity contribution in [2.24, 2.45) is 0 Å². The largest absolute Gasteiger partial charge is 0.493 e. The average molecular weight is 430 g/mol. The van der Waals surface area contributed by atoms with Crippen molar-refractivity contribution in [3.63, 3.8) is 0 Å². The number of methoxy groups -OCH3 is 3. The molecule has 31 heavy (non-hydrogen) atoms.